The SMILES string of the molecule is CC/C=C/C/C=C/C/C=C/C/C=C/C/C=C/CCCCCC(=O)O[C@H](COC(=O)CCCCCCCCCCCCCCCCCCCCCCCCC)CO[C@H]1O[C@H](CS(=O)(=O)O)[C@@H](O)C(O)C1O. The molecule has 0 amide bonds. The summed E-state index contributed by atoms with van der Waals surface area (Å²) in [5.74, 6) is -2.02. The second-order valence-corrected chi connectivity index (χ2v) is 20.7. The number of esters is 2. The third kappa shape index (κ3) is 39.9. The van der Waals surface area contributed by atoms with Crippen LogP contribution in [0.3, 0.4) is 0 Å². The van der Waals surface area contributed by atoms with Gasteiger partial charge < -0.3 is 34.3 Å². The molecule has 0 bridgehead atoms. The molecule has 1 heterocycles. The highest BCUT2D eigenvalue weighted by molar-refractivity contribution is 7.85. The fraction of sp³-hybridized carbons (Fsp3) is 0.789. The van der Waals surface area contributed by atoms with Crippen LogP contribution < -0.4 is 0 Å². The van der Waals surface area contributed by atoms with E-state index in [0.29, 0.717) is 12.8 Å². The smallest absolute Gasteiger partial charge is 0.306 e. The van der Waals surface area contributed by atoms with Gasteiger partial charge in [0, 0.05) is 12.8 Å². The zero-order chi connectivity index (χ0) is 51.2. The maximum absolute atomic E-state index is 12.9. The molecule has 1 fully saturated rings. The minimum absolute atomic E-state index is 0.125. The number of allylic oxidation sites excluding steroid dienone is 10. The summed E-state index contributed by atoms with van der Waals surface area (Å²) in [5, 5.41) is 31.0. The maximum atomic E-state index is 12.9. The number of hydrogen-bond acceptors (Lipinski definition) is 11. The average molecular weight is 1010 g/mol. The predicted molar refractivity (Wildman–Crippen MR) is 284 cm³/mol. The van der Waals surface area contributed by atoms with Gasteiger partial charge in [-0.25, -0.2) is 0 Å². The molecule has 0 aromatic carbocycles. The van der Waals surface area contributed by atoms with Crippen molar-refractivity contribution in [2.45, 2.75) is 269 Å². The molecule has 0 aliphatic carbocycles. The summed E-state index contributed by atoms with van der Waals surface area (Å²) >= 11 is 0. The average Bonchev–Trinajstić information content (AvgIpc) is 3.33. The van der Waals surface area contributed by atoms with Crippen molar-refractivity contribution in [1.82, 2.24) is 0 Å². The molecule has 13 heteroatoms. The molecule has 1 saturated heterocycles. The highest BCUT2D eigenvalue weighted by Crippen LogP contribution is 2.24. The van der Waals surface area contributed by atoms with Gasteiger partial charge in [-0.05, 0) is 57.8 Å². The Kier molecular flexibility index (Phi) is 43.1. The lowest BCUT2D eigenvalue weighted by atomic mass is 10.00. The van der Waals surface area contributed by atoms with Crippen molar-refractivity contribution in [2.24, 2.45) is 0 Å². The molecule has 6 atom stereocenters. The topological polar surface area (TPSA) is 186 Å². The Hall–Kier alpha value is -2.65. The summed E-state index contributed by atoms with van der Waals surface area (Å²) in [5.41, 5.74) is 0. The number of carbonyl (C=O) groups is 2. The van der Waals surface area contributed by atoms with Gasteiger partial charge in [-0.15, -0.1) is 0 Å². The molecule has 2 unspecified atom stereocenters. The Balaban J connectivity index is 2.34. The van der Waals surface area contributed by atoms with Crippen molar-refractivity contribution in [3.05, 3.63) is 60.8 Å². The highest BCUT2D eigenvalue weighted by Gasteiger charge is 2.46. The maximum Gasteiger partial charge on any atom is 0.306 e. The molecule has 1 aliphatic heterocycles. The van der Waals surface area contributed by atoms with E-state index in [1.165, 1.54) is 122 Å². The van der Waals surface area contributed by atoms with Gasteiger partial charge in [-0.2, -0.15) is 8.42 Å². The second kappa shape index (κ2) is 46.2. The lowest BCUT2D eigenvalue weighted by Gasteiger charge is -2.40. The number of carbonyl (C=O) groups excluding carboxylic acids is 2. The van der Waals surface area contributed by atoms with Crippen molar-refractivity contribution in [3.8, 4) is 0 Å². The molecule has 0 saturated carbocycles. The molecule has 0 spiro atoms. The summed E-state index contributed by atoms with van der Waals surface area (Å²) in [4.78, 5) is 25.6. The quantitative estimate of drug-likeness (QED) is 0.0196. The third-order valence-electron chi connectivity index (χ3n) is 12.6. The van der Waals surface area contributed by atoms with Crippen molar-refractivity contribution < 1.29 is 56.8 Å². The summed E-state index contributed by atoms with van der Waals surface area (Å²) in [6, 6.07) is 0. The van der Waals surface area contributed by atoms with E-state index in [2.05, 4.69) is 74.6 Å². The first-order valence-corrected chi connectivity index (χ1v) is 29.5. The van der Waals surface area contributed by atoms with Gasteiger partial charge in [0.1, 0.15) is 36.8 Å². The summed E-state index contributed by atoms with van der Waals surface area (Å²) in [7, 11) is -4.61. The summed E-state index contributed by atoms with van der Waals surface area (Å²) in [6.07, 6.45) is 49.8. The first kappa shape index (κ1) is 65.4. The van der Waals surface area contributed by atoms with E-state index in [-0.39, 0.29) is 19.4 Å². The minimum atomic E-state index is -4.61. The van der Waals surface area contributed by atoms with Crippen LogP contribution in [-0.4, -0.2) is 96.0 Å². The molecule has 1 rings (SSSR count). The van der Waals surface area contributed by atoms with Gasteiger partial charge in [0.2, 0.25) is 0 Å². The van der Waals surface area contributed by atoms with E-state index in [1.807, 2.05) is 0 Å². The Morgan fingerprint density at radius 1 is 0.500 bits per heavy atom. The van der Waals surface area contributed by atoms with Crippen molar-refractivity contribution in [2.75, 3.05) is 19.0 Å². The number of aliphatic hydroxyl groups excluding tert-OH is 3. The third-order valence-corrected chi connectivity index (χ3v) is 13.4. The van der Waals surface area contributed by atoms with Gasteiger partial charge in [-0.3, -0.25) is 14.1 Å². The summed E-state index contributed by atoms with van der Waals surface area (Å²) < 4.78 is 54.3. The number of rotatable bonds is 47. The Bertz CT molecular complexity index is 1510. The van der Waals surface area contributed by atoms with E-state index in [9.17, 15) is 37.9 Å². The normalized spacial score (nSPS) is 19.4. The molecule has 0 aromatic rings. The van der Waals surface area contributed by atoms with Crippen LogP contribution >= 0.6 is 0 Å². The fourth-order valence-corrected chi connectivity index (χ4v) is 9.04. The largest absolute Gasteiger partial charge is 0.462 e. The molecule has 0 radical (unpaired) electrons. The highest BCUT2D eigenvalue weighted by atomic mass is 32.2. The number of ether oxygens (including phenoxy) is 4. The van der Waals surface area contributed by atoms with Crippen molar-refractivity contribution >= 4 is 22.1 Å². The van der Waals surface area contributed by atoms with Gasteiger partial charge in [0.25, 0.3) is 10.1 Å². The molecular formula is C57H100O12S. The van der Waals surface area contributed by atoms with Gasteiger partial charge in [0.05, 0.1) is 6.61 Å². The van der Waals surface area contributed by atoms with Crippen molar-refractivity contribution in [3.63, 3.8) is 0 Å². The zero-order valence-corrected chi connectivity index (χ0v) is 44.7. The van der Waals surface area contributed by atoms with Crippen LogP contribution in [0.25, 0.3) is 0 Å². The first-order valence-electron chi connectivity index (χ1n) is 27.8. The molecule has 4 N–H and O–H groups in total. The van der Waals surface area contributed by atoms with Crippen LogP contribution in [-0.2, 0) is 38.7 Å². The molecule has 1 aliphatic rings. The Morgan fingerprint density at radius 3 is 1.34 bits per heavy atom. The van der Waals surface area contributed by atoms with E-state index >= 15 is 0 Å². The van der Waals surface area contributed by atoms with Gasteiger partial charge in [0.15, 0.2) is 12.4 Å². The standard InChI is InChI=1S/C57H100O12S/c1-3-5-7-9-11-13-15-17-19-21-23-24-25-26-28-29-31-33-35-37-39-41-43-45-52(58)66-47-50(48-67-57-56(62)55(61)54(60)51(69-57)49-70(63,64)65)68-53(59)46-44-42-40-38-36-34-32-30-27-22-20-18-16-14-12-10-8-6-4-2/h6,8,12,14,18,20,27,30,34,36,50-51,54-57,60-62H,3-5,7,9-11,13,15-17,19,21-26,28-29,31-33,35,37-49H2,1-2H3,(H,63,64,65)/b8-6+,14-12+,20-18+,30-27+,36-34+/t50-,51-,54-,55?,56?,57+/m1/s1. The number of aliphatic hydroxyl groups is 3. The van der Waals surface area contributed by atoms with Gasteiger partial charge in [-0.1, -0.05) is 222 Å². The van der Waals surface area contributed by atoms with E-state index in [1.54, 1.807) is 0 Å². The molecule has 0 aromatic heterocycles. The molecule has 70 heavy (non-hydrogen) atoms. The second-order valence-electron chi connectivity index (χ2n) is 19.2. The number of hydrogen-bond donors (Lipinski definition) is 4. The molecule has 406 valence electrons. The van der Waals surface area contributed by atoms with Crippen LogP contribution in [0.5, 0.6) is 0 Å². The summed E-state index contributed by atoms with van der Waals surface area (Å²) in [6.45, 7) is 3.66. The molecule has 12 nitrogen and oxygen atoms in total. The lowest BCUT2D eigenvalue weighted by Crippen LogP contribution is -2.60. The lowest BCUT2D eigenvalue weighted by molar-refractivity contribution is -0.297. The van der Waals surface area contributed by atoms with Crippen LogP contribution in [0.15, 0.2) is 60.8 Å². The van der Waals surface area contributed by atoms with Gasteiger partial charge >= 0.3 is 11.9 Å². The predicted octanol–water partition coefficient (Wildman–Crippen LogP) is 13.2. The van der Waals surface area contributed by atoms with Crippen LogP contribution in [0.1, 0.15) is 232 Å². The Morgan fingerprint density at radius 2 is 0.900 bits per heavy atom. The van der Waals surface area contributed by atoms with Crippen LogP contribution in [0, 0.1) is 0 Å². The van der Waals surface area contributed by atoms with E-state index in [4.69, 9.17) is 18.9 Å². The van der Waals surface area contributed by atoms with Crippen molar-refractivity contribution in [1.29, 1.82) is 0 Å². The van der Waals surface area contributed by atoms with E-state index in [0.717, 1.165) is 70.6 Å². The fourth-order valence-electron chi connectivity index (χ4n) is 8.35. The number of unbranched alkanes of at least 4 members (excludes halogenated alkanes) is 25. The molecular weight excluding hydrogens is 909 g/mol. The zero-order valence-electron chi connectivity index (χ0n) is 43.9. The minimum Gasteiger partial charge on any atom is -0.462 e. The van der Waals surface area contributed by atoms with Crippen LogP contribution in [0.2, 0.25) is 0 Å². The van der Waals surface area contributed by atoms with Crippen LogP contribution in [0.4, 0.5) is 0 Å². The Labute approximate surface area is 426 Å². The monoisotopic (exact) mass is 1010 g/mol. The van der Waals surface area contributed by atoms with E-state index < -0.39 is 71.2 Å². The first-order chi connectivity index (χ1) is 34.0.